The Morgan fingerprint density at radius 3 is 1.61 bits per heavy atom. The topological polar surface area (TPSA) is 25.8 Å². The van der Waals surface area contributed by atoms with Crippen molar-refractivity contribution in [2.24, 2.45) is 0 Å². The largest absolute Gasteiger partial charge is 2.00 e. The Balaban J connectivity index is 0.00000231. The fourth-order valence-corrected chi connectivity index (χ4v) is 3.78. The molecule has 2 nitrogen and oxygen atoms in total. The predicted octanol–water partition coefficient (Wildman–Crippen LogP) is 5.57. The monoisotopic (exact) mass is 591 g/mol. The Hall–Kier alpha value is -2.71. The van der Waals surface area contributed by atoms with Crippen LogP contribution in [0.1, 0.15) is 22.5 Å². The van der Waals surface area contributed by atoms with Gasteiger partial charge in [0.15, 0.2) is 0 Å². The van der Waals surface area contributed by atoms with Crippen molar-refractivity contribution in [3.8, 4) is 22.5 Å². The van der Waals surface area contributed by atoms with Crippen molar-refractivity contribution >= 4 is 0 Å². The molecule has 0 radical (unpaired) electrons. The molecular formula is C26H18F2N2Pt. The van der Waals surface area contributed by atoms with Crippen LogP contribution in [0.5, 0.6) is 0 Å². The summed E-state index contributed by atoms with van der Waals surface area (Å²) in [4.78, 5) is 9.22. The summed E-state index contributed by atoms with van der Waals surface area (Å²) in [6, 6.07) is 24.4. The van der Waals surface area contributed by atoms with Crippen molar-refractivity contribution in [2.75, 3.05) is 0 Å². The van der Waals surface area contributed by atoms with Crippen molar-refractivity contribution in [2.45, 2.75) is 25.7 Å². The van der Waals surface area contributed by atoms with E-state index in [1.807, 2.05) is 30.3 Å². The molecule has 5 heteroatoms. The molecule has 0 fully saturated rings. The van der Waals surface area contributed by atoms with Gasteiger partial charge in [-0.05, 0) is 37.8 Å². The number of rotatable bonds is 0. The van der Waals surface area contributed by atoms with E-state index in [1.165, 1.54) is 0 Å². The average Bonchev–Trinajstić information content (AvgIpc) is 2.77. The summed E-state index contributed by atoms with van der Waals surface area (Å²) in [5, 5.41) is 0. The molecule has 0 saturated carbocycles. The Morgan fingerprint density at radius 1 is 0.613 bits per heavy atom. The fourth-order valence-electron chi connectivity index (χ4n) is 3.78. The van der Waals surface area contributed by atoms with Crippen LogP contribution in [-0.4, -0.2) is 9.97 Å². The minimum Gasteiger partial charge on any atom is -0.292 e. The minimum absolute atomic E-state index is 0. The molecule has 0 spiro atoms. The second-order valence-electron chi connectivity index (χ2n) is 7.44. The maximum absolute atomic E-state index is 14.6. The number of halogens is 2. The molecule has 0 saturated heterocycles. The van der Waals surface area contributed by atoms with Crippen molar-refractivity contribution in [3.05, 3.63) is 107 Å². The molecule has 0 atom stereocenters. The zero-order valence-electron chi connectivity index (χ0n) is 16.6. The number of pyridine rings is 2. The van der Waals surface area contributed by atoms with E-state index in [0.29, 0.717) is 24.2 Å². The first kappa shape index (κ1) is 21.5. The van der Waals surface area contributed by atoms with Gasteiger partial charge in [-0.3, -0.25) is 18.7 Å². The maximum atomic E-state index is 14.6. The van der Waals surface area contributed by atoms with Gasteiger partial charge in [-0.1, -0.05) is 41.5 Å². The van der Waals surface area contributed by atoms with E-state index in [-0.39, 0.29) is 32.2 Å². The van der Waals surface area contributed by atoms with Crippen LogP contribution in [0.25, 0.3) is 22.5 Å². The standard InChI is InChI=1S/C26H18F2N2.Pt/c27-23-16-24(28)22-15-21(23)25-8-2-6-19(29-25)12-10-17-4-1-5-18(14-17)11-13-20-7-3-9-26(22)30-20;/h1-9,16H,10-13H2;/q-2;+2. The Morgan fingerprint density at radius 2 is 1.10 bits per heavy atom. The van der Waals surface area contributed by atoms with Gasteiger partial charge >= 0.3 is 21.1 Å². The molecule has 4 aromatic rings. The van der Waals surface area contributed by atoms with Gasteiger partial charge in [-0.15, -0.1) is 6.07 Å². The Kier molecular flexibility index (Phi) is 6.38. The third-order valence-electron chi connectivity index (χ3n) is 5.32. The van der Waals surface area contributed by atoms with Crippen LogP contribution >= 0.6 is 0 Å². The summed E-state index contributed by atoms with van der Waals surface area (Å²) in [5.41, 5.74) is 5.11. The second-order valence-corrected chi connectivity index (χ2v) is 7.44. The molecule has 2 aromatic carbocycles. The molecule has 8 bridgehead atoms. The van der Waals surface area contributed by atoms with E-state index in [0.717, 1.165) is 41.4 Å². The second kappa shape index (κ2) is 9.19. The Bertz CT molecular complexity index is 1150. The summed E-state index contributed by atoms with van der Waals surface area (Å²) in [6.07, 6.45) is 3.01. The van der Waals surface area contributed by atoms with Gasteiger partial charge in [-0.25, -0.2) is 0 Å². The molecule has 156 valence electrons. The molecule has 0 unspecified atom stereocenters. The molecule has 2 aromatic heterocycles. The van der Waals surface area contributed by atoms with Crippen molar-refractivity contribution < 1.29 is 29.8 Å². The van der Waals surface area contributed by atoms with Crippen LogP contribution in [0.15, 0.2) is 60.7 Å². The van der Waals surface area contributed by atoms with Crippen LogP contribution in [0.2, 0.25) is 0 Å². The smallest absolute Gasteiger partial charge is 0.292 e. The molecule has 0 aliphatic carbocycles. The van der Waals surface area contributed by atoms with Gasteiger partial charge in [0.2, 0.25) is 0 Å². The first-order chi connectivity index (χ1) is 14.7. The van der Waals surface area contributed by atoms with Gasteiger partial charge in [0.1, 0.15) is 0 Å². The normalized spacial score (nSPS) is 12.7. The summed E-state index contributed by atoms with van der Waals surface area (Å²) in [6.45, 7) is 0. The zero-order chi connectivity index (χ0) is 20.5. The van der Waals surface area contributed by atoms with Crippen LogP contribution in [0, 0.1) is 23.8 Å². The maximum Gasteiger partial charge on any atom is 2.00 e. The van der Waals surface area contributed by atoms with E-state index in [9.17, 15) is 8.78 Å². The third kappa shape index (κ3) is 4.65. The third-order valence-corrected chi connectivity index (χ3v) is 5.32. The van der Waals surface area contributed by atoms with Crippen molar-refractivity contribution in [1.29, 1.82) is 0 Å². The fraction of sp³-hybridized carbons (Fsp3) is 0.154. The molecule has 0 amide bonds. The number of benzene rings is 2. The first-order valence-corrected chi connectivity index (χ1v) is 10.00. The molecule has 1 aliphatic rings. The number of hydrogen-bond acceptors (Lipinski definition) is 2. The van der Waals surface area contributed by atoms with E-state index >= 15 is 0 Å². The van der Waals surface area contributed by atoms with Crippen LogP contribution in [-0.2, 0) is 46.7 Å². The van der Waals surface area contributed by atoms with Gasteiger partial charge < -0.3 is 0 Å². The number of hydrogen-bond donors (Lipinski definition) is 0. The Labute approximate surface area is 194 Å². The van der Waals surface area contributed by atoms with Gasteiger partial charge in [0.05, 0.1) is 11.6 Å². The summed E-state index contributed by atoms with van der Waals surface area (Å²) < 4.78 is 29.3. The number of aromatic nitrogens is 2. The first-order valence-electron chi connectivity index (χ1n) is 10.00. The summed E-state index contributed by atoms with van der Waals surface area (Å²) >= 11 is 0. The van der Waals surface area contributed by atoms with E-state index in [2.05, 4.69) is 34.2 Å². The number of nitrogens with zero attached hydrogens (tertiary/aromatic N) is 2. The van der Waals surface area contributed by atoms with Gasteiger partial charge in [0.25, 0.3) is 0 Å². The minimum atomic E-state index is -0.681. The molecule has 5 rings (SSSR count). The van der Waals surface area contributed by atoms with Crippen LogP contribution < -0.4 is 0 Å². The van der Waals surface area contributed by atoms with Crippen molar-refractivity contribution in [3.63, 3.8) is 0 Å². The summed E-state index contributed by atoms with van der Waals surface area (Å²) in [7, 11) is 0. The SMILES string of the molecule is Fc1cc(F)c2[c-]c1-c1cccc(n1)CCc1[c-]c(ccc1)CCc1cccc-2n1.[Pt+2]. The van der Waals surface area contributed by atoms with Gasteiger partial charge in [-0.2, -0.15) is 35.4 Å². The van der Waals surface area contributed by atoms with E-state index in [1.54, 1.807) is 12.1 Å². The van der Waals surface area contributed by atoms with Crippen molar-refractivity contribution in [1.82, 2.24) is 9.97 Å². The molecular weight excluding hydrogens is 573 g/mol. The molecule has 0 N–H and O–H groups in total. The number of fused-ring (bicyclic) bond motifs is 10. The quantitative estimate of drug-likeness (QED) is 0.250. The van der Waals surface area contributed by atoms with Gasteiger partial charge in [0, 0.05) is 22.8 Å². The summed E-state index contributed by atoms with van der Waals surface area (Å²) in [5.74, 6) is -1.36. The van der Waals surface area contributed by atoms with Crippen LogP contribution in [0.4, 0.5) is 8.78 Å². The molecule has 3 heterocycles. The predicted molar refractivity (Wildman–Crippen MR) is 112 cm³/mol. The van der Waals surface area contributed by atoms with Crippen LogP contribution in [0.3, 0.4) is 0 Å². The average molecular weight is 592 g/mol. The number of aryl methyl sites for hydroxylation is 4. The molecule has 31 heavy (non-hydrogen) atoms. The molecule has 1 aliphatic heterocycles. The van der Waals surface area contributed by atoms with E-state index in [4.69, 9.17) is 0 Å². The van der Waals surface area contributed by atoms with E-state index < -0.39 is 11.6 Å². The zero-order valence-corrected chi connectivity index (χ0v) is 18.8.